The minimum Gasteiger partial charge on any atom is -0.334 e. The summed E-state index contributed by atoms with van der Waals surface area (Å²) in [6, 6.07) is 12.2. The molecule has 0 spiro atoms. The van der Waals surface area contributed by atoms with Gasteiger partial charge in [-0.2, -0.15) is 18.3 Å². The highest BCUT2D eigenvalue weighted by Gasteiger charge is 2.30. The molecule has 33 heavy (non-hydrogen) atoms. The molecule has 1 atom stereocenters. The molecule has 4 rings (SSSR count). The van der Waals surface area contributed by atoms with Gasteiger partial charge in [-0.15, -0.1) is 11.3 Å². The molecule has 2 heterocycles. The van der Waals surface area contributed by atoms with Crippen molar-refractivity contribution in [1.29, 1.82) is 0 Å². The van der Waals surface area contributed by atoms with Crippen LogP contribution < -0.4 is 0 Å². The largest absolute Gasteiger partial charge is 0.416 e. The fourth-order valence-electron chi connectivity index (χ4n) is 3.33. The van der Waals surface area contributed by atoms with Gasteiger partial charge < -0.3 is 4.90 Å². The quantitative estimate of drug-likeness (QED) is 0.383. The summed E-state index contributed by atoms with van der Waals surface area (Å²) in [7, 11) is 1.72. The standard InChI is InChI=1S/C23H20F3N5OS/c1-14-20(33-21(29-14)17-4-8-18(9-5-17)23(24,25)26)22(32)30(3)15(2)16-6-10-19(11-7-16)31-13-27-12-28-31/h4-13,15H,1-3H3. The lowest BCUT2D eigenvalue weighted by Crippen LogP contribution is -2.29. The number of nitrogens with zero attached hydrogens (tertiary/aromatic N) is 5. The van der Waals surface area contributed by atoms with E-state index in [-0.39, 0.29) is 11.9 Å². The molecule has 0 saturated carbocycles. The van der Waals surface area contributed by atoms with Gasteiger partial charge in [0.05, 0.1) is 23.0 Å². The van der Waals surface area contributed by atoms with Crippen LogP contribution in [0.4, 0.5) is 13.2 Å². The third-order valence-electron chi connectivity index (χ3n) is 5.41. The maximum atomic E-state index is 13.2. The van der Waals surface area contributed by atoms with Crippen molar-refractivity contribution in [3.05, 3.63) is 82.9 Å². The molecule has 0 aliphatic carbocycles. The van der Waals surface area contributed by atoms with E-state index in [1.165, 1.54) is 29.8 Å². The van der Waals surface area contributed by atoms with E-state index in [4.69, 9.17) is 0 Å². The van der Waals surface area contributed by atoms with Gasteiger partial charge in [0.15, 0.2) is 0 Å². The second kappa shape index (κ2) is 8.78. The Labute approximate surface area is 192 Å². The van der Waals surface area contributed by atoms with Crippen molar-refractivity contribution >= 4 is 17.2 Å². The maximum absolute atomic E-state index is 13.2. The van der Waals surface area contributed by atoms with Crippen LogP contribution in [-0.2, 0) is 6.18 Å². The van der Waals surface area contributed by atoms with Crippen LogP contribution in [0.1, 0.15) is 39.5 Å². The molecule has 0 saturated heterocycles. The molecule has 2 aromatic carbocycles. The molecule has 10 heteroatoms. The van der Waals surface area contributed by atoms with Gasteiger partial charge in [0.1, 0.15) is 22.5 Å². The first-order chi connectivity index (χ1) is 15.6. The summed E-state index contributed by atoms with van der Waals surface area (Å²) in [5.74, 6) is -0.198. The van der Waals surface area contributed by atoms with E-state index in [0.29, 0.717) is 21.1 Å². The van der Waals surface area contributed by atoms with Crippen molar-refractivity contribution in [1.82, 2.24) is 24.6 Å². The Bertz CT molecular complexity index is 1250. The van der Waals surface area contributed by atoms with E-state index < -0.39 is 11.7 Å². The Morgan fingerprint density at radius 1 is 1.09 bits per heavy atom. The highest BCUT2D eigenvalue weighted by Crippen LogP contribution is 2.34. The van der Waals surface area contributed by atoms with Gasteiger partial charge in [0.25, 0.3) is 5.91 Å². The van der Waals surface area contributed by atoms with Gasteiger partial charge in [0, 0.05) is 12.6 Å². The number of aryl methyl sites for hydroxylation is 1. The van der Waals surface area contributed by atoms with Gasteiger partial charge >= 0.3 is 6.18 Å². The highest BCUT2D eigenvalue weighted by atomic mass is 32.1. The molecule has 0 bridgehead atoms. The molecule has 0 radical (unpaired) electrons. The molecule has 0 aliphatic heterocycles. The average Bonchev–Trinajstić information content (AvgIpc) is 3.47. The summed E-state index contributed by atoms with van der Waals surface area (Å²) in [4.78, 5) is 23.6. The molecule has 0 aliphatic rings. The number of carbonyl (C=O) groups is 1. The van der Waals surface area contributed by atoms with Gasteiger partial charge in [-0.3, -0.25) is 4.79 Å². The molecular formula is C23H20F3N5OS. The Morgan fingerprint density at radius 3 is 2.33 bits per heavy atom. The van der Waals surface area contributed by atoms with Gasteiger partial charge in [-0.05, 0) is 43.7 Å². The molecule has 170 valence electrons. The topological polar surface area (TPSA) is 63.9 Å². The number of rotatable bonds is 5. The summed E-state index contributed by atoms with van der Waals surface area (Å²) in [6.07, 6.45) is -1.33. The number of halogens is 3. The van der Waals surface area contributed by atoms with Crippen molar-refractivity contribution in [2.75, 3.05) is 7.05 Å². The van der Waals surface area contributed by atoms with Crippen LogP contribution in [0.3, 0.4) is 0 Å². The van der Waals surface area contributed by atoms with Crippen LogP contribution >= 0.6 is 11.3 Å². The summed E-state index contributed by atoms with van der Waals surface area (Å²) in [5, 5.41) is 4.60. The van der Waals surface area contributed by atoms with Crippen LogP contribution in [0.15, 0.2) is 61.2 Å². The van der Waals surface area contributed by atoms with E-state index >= 15 is 0 Å². The highest BCUT2D eigenvalue weighted by molar-refractivity contribution is 7.17. The first-order valence-corrected chi connectivity index (χ1v) is 10.8. The van der Waals surface area contributed by atoms with Gasteiger partial charge in [-0.1, -0.05) is 24.3 Å². The second-order valence-electron chi connectivity index (χ2n) is 7.53. The first kappa shape index (κ1) is 22.7. The summed E-state index contributed by atoms with van der Waals surface area (Å²) in [6.45, 7) is 3.65. The number of alkyl halides is 3. The first-order valence-electron chi connectivity index (χ1n) is 10.0. The molecular weight excluding hydrogens is 451 g/mol. The van der Waals surface area contributed by atoms with Crippen LogP contribution in [-0.4, -0.2) is 37.6 Å². The molecule has 2 aromatic heterocycles. The number of hydrogen-bond acceptors (Lipinski definition) is 5. The summed E-state index contributed by atoms with van der Waals surface area (Å²) < 4.78 is 40.1. The Hall–Kier alpha value is -3.53. The van der Waals surface area contributed by atoms with Gasteiger partial charge in [-0.25, -0.2) is 14.6 Å². The van der Waals surface area contributed by atoms with Crippen molar-refractivity contribution in [3.63, 3.8) is 0 Å². The number of aromatic nitrogens is 4. The molecule has 1 unspecified atom stereocenters. The van der Waals surface area contributed by atoms with Crippen LogP contribution in [0.5, 0.6) is 0 Å². The van der Waals surface area contributed by atoms with E-state index in [0.717, 1.165) is 23.4 Å². The Morgan fingerprint density at radius 2 is 1.76 bits per heavy atom. The lowest BCUT2D eigenvalue weighted by atomic mass is 10.1. The van der Waals surface area contributed by atoms with Crippen molar-refractivity contribution < 1.29 is 18.0 Å². The fourth-order valence-corrected chi connectivity index (χ4v) is 4.38. The van der Waals surface area contributed by atoms with Crippen molar-refractivity contribution in [2.45, 2.75) is 26.1 Å². The fraction of sp³-hybridized carbons (Fsp3) is 0.217. The molecule has 4 aromatic rings. The van der Waals surface area contributed by atoms with Crippen molar-refractivity contribution in [3.8, 4) is 16.3 Å². The Kier molecular flexibility index (Phi) is 6.03. The number of carbonyl (C=O) groups excluding carboxylic acids is 1. The lowest BCUT2D eigenvalue weighted by molar-refractivity contribution is -0.137. The van der Waals surface area contributed by atoms with E-state index in [9.17, 15) is 18.0 Å². The zero-order valence-electron chi connectivity index (χ0n) is 18.0. The predicted octanol–water partition coefficient (Wildman–Crippen LogP) is 5.55. The molecule has 6 nitrogen and oxygen atoms in total. The lowest BCUT2D eigenvalue weighted by Gasteiger charge is -2.25. The number of thiazole rings is 1. The third kappa shape index (κ3) is 4.65. The summed E-state index contributed by atoms with van der Waals surface area (Å²) in [5.41, 5.74) is 2.16. The SMILES string of the molecule is Cc1nc(-c2ccc(C(F)(F)F)cc2)sc1C(=O)N(C)C(C)c1ccc(-n2cncn2)cc1. The second-order valence-corrected chi connectivity index (χ2v) is 8.53. The zero-order valence-corrected chi connectivity index (χ0v) is 18.9. The monoisotopic (exact) mass is 471 g/mol. The minimum absolute atomic E-state index is 0.198. The van der Waals surface area contributed by atoms with E-state index in [2.05, 4.69) is 15.1 Å². The van der Waals surface area contributed by atoms with Crippen LogP contribution in [0.2, 0.25) is 0 Å². The van der Waals surface area contributed by atoms with Crippen LogP contribution in [0, 0.1) is 6.92 Å². The number of hydrogen-bond donors (Lipinski definition) is 0. The predicted molar refractivity (Wildman–Crippen MR) is 119 cm³/mol. The van der Waals surface area contributed by atoms with E-state index in [1.54, 1.807) is 29.9 Å². The number of benzene rings is 2. The molecule has 0 fully saturated rings. The minimum atomic E-state index is -4.40. The normalized spacial score (nSPS) is 12.5. The van der Waals surface area contributed by atoms with Crippen LogP contribution in [0.25, 0.3) is 16.3 Å². The van der Waals surface area contributed by atoms with Crippen molar-refractivity contribution in [2.24, 2.45) is 0 Å². The third-order valence-corrected chi connectivity index (χ3v) is 6.60. The van der Waals surface area contributed by atoms with E-state index in [1.807, 2.05) is 31.2 Å². The maximum Gasteiger partial charge on any atom is 0.416 e. The summed E-state index contributed by atoms with van der Waals surface area (Å²) >= 11 is 1.17. The number of amides is 1. The molecule has 0 N–H and O–H groups in total. The Balaban J connectivity index is 1.52. The smallest absolute Gasteiger partial charge is 0.334 e. The zero-order chi connectivity index (χ0) is 23.8. The van der Waals surface area contributed by atoms with Gasteiger partial charge in [0.2, 0.25) is 0 Å². The molecule has 1 amide bonds. The average molecular weight is 472 g/mol.